The normalized spacial score (nSPS) is 10.9. The Morgan fingerprint density at radius 3 is 2.39 bits per heavy atom. The third-order valence-corrected chi connectivity index (χ3v) is 5.64. The van der Waals surface area contributed by atoms with Gasteiger partial charge in [-0.15, -0.1) is 0 Å². The molecule has 1 aromatic heterocycles. The molecule has 0 saturated carbocycles. The van der Waals surface area contributed by atoms with Crippen molar-refractivity contribution in [2.75, 3.05) is 23.3 Å². The summed E-state index contributed by atoms with van der Waals surface area (Å²) in [4.78, 5) is 14.5. The van der Waals surface area contributed by atoms with Crippen molar-refractivity contribution in [1.29, 1.82) is 0 Å². The Labute approximate surface area is 209 Å². The van der Waals surface area contributed by atoms with E-state index in [1.165, 1.54) is 6.08 Å². The van der Waals surface area contributed by atoms with Crippen molar-refractivity contribution in [3.8, 4) is 11.3 Å². The summed E-state index contributed by atoms with van der Waals surface area (Å²) in [5.74, 6) is 0.743. The van der Waals surface area contributed by atoms with E-state index < -0.39 is 0 Å². The summed E-state index contributed by atoms with van der Waals surface area (Å²) in [5.41, 5.74) is 3.79. The molecule has 0 saturated heterocycles. The zero-order valence-corrected chi connectivity index (χ0v) is 20.9. The minimum absolute atomic E-state index is 0.219. The minimum atomic E-state index is -0.367. The van der Waals surface area contributed by atoms with Gasteiger partial charge in [0.1, 0.15) is 11.5 Å². The maximum absolute atomic E-state index is 12.3. The molecule has 2 N–H and O–H groups in total. The quantitative estimate of drug-likeness (QED) is 0.271. The number of carbonyl (C=O) groups excluding carboxylic acids is 1. The molecular weight excluding hydrogens is 477 g/mol. The lowest BCUT2D eigenvalue weighted by molar-refractivity contribution is -0.115. The molecule has 1 heterocycles. The summed E-state index contributed by atoms with van der Waals surface area (Å²) < 4.78 is 5.76. The van der Waals surface area contributed by atoms with Crippen LogP contribution in [0.2, 0.25) is 10.0 Å². The van der Waals surface area contributed by atoms with E-state index >= 15 is 0 Å². The van der Waals surface area contributed by atoms with Crippen LogP contribution in [0.4, 0.5) is 11.4 Å². The summed E-state index contributed by atoms with van der Waals surface area (Å²) in [6.07, 6.45) is 2.93. The maximum atomic E-state index is 12.3. The lowest BCUT2D eigenvalue weighted by Gasteiger charge is -2.22. The first-order valence-corrected chi connectivity index (χ1v) is 11.7. The number of thiocarbonyl (C=S) groups is 1. The van der Waals surface area contributed by atoms with Gasteiger partial charge in [0.05, 0.1) is 0 Å². The van der Waals surface area contributed by atoms with Crippen LogP contribution >= 0.6 is 35.4 Å². The molecule has 0 unspecified atom stereocenters. The fraction of sp³-hybridized carbons (Fsp3) is 0.200. The average molecular weight is 502 g/mol. The molecule has 8 heteroatoms. The van der Waals surface area contributed by atoms with Gasteiger partial charge >= 0.3 is 0 Å². The van der Waals surface area contributed by atoms with Crippen molar-refractivity contribution >= 4 is 63.9 Å². The van der Waals surface area contributed by atoms with Gasteiger partial charge in [-0.1, -0.05) is 23.2 Å². The number of carbonyl (C=O) groups is 1. The lowest BCUT2D eigenvalue weighted by atomic mass is 10.1. The Hall–Kier alpha value is -2.80. The number of halogens is 2. The molecule has 1 amide bonds. The molecule has 3 rings (SSSR count). The zero-order chi connectivity index (χ0) is 24.0. The fourth-order valence-electron chi connectivity index (χ4n) is 3.33. The first kappa shape index (κ1) is 24.8. The van der Waals surface area contributed by atoms with Crippen LogP contribution in [0.1, 0.15) is 25.2 Å². The molecule has 0 aliphatic rings. The topological polar surface area (TPSA) is 57.5 Å². The van der Waals surface area contributed by atoms with Crippen LogP contribution in [0.3, 0.4) is 0 Å². The molecule has 2 aromatic carbocycles. The Balaban J connectivity index is 1.59. The van der Waals surface area contributed by atoms with Gasteiger partial charge in [0.15, 0.2) is 5.11 Å². The van der Waals surface area contributed by atoms with Gasteiger partial charge in [0.2, 0.25) is 5.91 Å². The Bertz CT molecular complexity index is 1170. The number of nitrogens with one attached hydrogen (secondary N) is 2. The first-order valence-electron chi connectivity index (χ1n) is 10.5. The van der Waals surface area contributed by atoms with E-state index in [0.29, 0.717) is 21.6 Å². The second-order valence-electron chi connectivity index (χ2n) is 7.31. The highest BCUT2D eigenvalue weighted by Crippen LogP contribution is 2.29. The van der Waals surface area contributed by atoms with Crippen molar-refractivity contribution in [1.82, 2.24) is 5.32 Å². The Morgan fingerprint density at radius 1 is 1.06 bits per heavy atom. The SMILES string of the molecule is CCN(CC)c1ccc(NC(=S)NC(=O)/C=C/c2ccc(-c3cc(Cl)cc(Cl)c3)o2)c(C)c1. The summed E-state index contributed by atoms with van der Waals surface area (Å²) >= 11 is 17.4. The van der Waals surface area contributed by atoms with Crippen LogP contribution in [0.5, 0.6) is 0 Å². The number of hydrogen-bond acceptors (Lipinski definition) is 4. The van der Waals surface area contributed by atoms with Crippen LogP contribution in [0, 0.1) is 6.92 Å². The number of aryl methyl sites for hydroxylation is 1. The van der Waals surface area contributed by atoms with Gasteiger partial charge in [0, 0.05) is 46.1 Å². The van der Waals surface area contributed by atoms with Gasteiger partial charge < -0.3 is 14.6 Å². The standard InChI is InChI=1S/C25H25Cl2N3O2S/c1-4-30(5-2)20-6-9-22(16(3)12-20)28-25(33)29-24(31)11-8-21-7-10-23(32-21)17-13-18(26)15-19(27)14-17/h6-15H,4-5H2,1-3H3,(H2,28,29,31,33)/b11-8+. The third kappa shape index (κ3) is 6.84. The maximum Gasteiger partial charge on any atom is 0.250 e. The highest BCUT2D eigenvalue weighted by Gasteiger charge is 2.09. The van der Waals surface area contributed by atoms with E-state index in [1.54, 1.807) is 36.4 Å². The van der Waals surface area contributed by atoms with Crippen molar-refractivity contribution in [3.05, 3.63) is 76.0 Å². The molecule has 33 heavy (non-hydrogen) atoms. The summed E-state index contributed by atoms with van der Waals surface area (Å²) in [6, 6.07) is 14.8. The molecule has 3 aromatic rings. The number of nitrogens with zero attached hydrogens (tertiary/aromatic N) is 1. The Morgan fingerprint density at radius 2 is 1.76 bits per heavy atom. The van der Waals surface area contributed by atoms with Crippen LogP contribution in [-0.2, 0) is 4.79 Å². The molecule has 172 valence electrons. The predicted octanol–water partition coefficient (Wildman–Crippen LogP) is 6.93. The van der Waals surface area contributed by atoms with Gasteiger partial charge in [-0.05, 0) is 93.2 Å². The van der Waals surface area contributed by atoms with Crippen LogP contribution in [0.15, 0.2) is 59.0 Å². The molecule has 0 aliphatic heterocycles. The Kier molecular flexibility index (Phi) is 8.55. The number of amides is 1. The summed E-state index contributed by atoms with van der Waals surface area (Å²) in [5, 5.41) is 6.98. The molecular formula is C25H25Cl2N3O2S. The van der Waals surface area contributed by atoms with Crippen LogP contribution in [0.25, 0.3) is 17.4 Å². The number of hydrogen-bond donors (Lipinski definition) is 2. The molecule has 0 atom stereocenters. The average Bonchev–Trinajstić information content (AvgIpc) is 3.23. The van der Waals surface area contributed by atoms with Gasteiger partial charge in [-0.2, -0.15) is 0 Å². The molecule has 0 fully saturated rings. The summed E-state index contributed by atoms with van der Waals surface area (Å²) in [7, 11) is 0. The smallest absolute Gasteiger partial charge is 0.250 e. The number of rotatable bonds is 7. The number of benzene rings is 2. The van der Waals surface area contributed by atoms with Gasteiger partial charge in [-0.3, -0.25) is 10.1 Å². The monoisotopic (exact) mass is 501 g/mol. The number of furan rings is 1. The van der Waals surface area contributed by atoms with Crippen molar-refractivity contribution in [2.24, 2.45) is 0 Å². The van der Waals surface area contributed by atoms with E-state index in [-0.39, 0.29) is 11.0 Å². The molecule has 0 bridgehead atoms. The molecule has 5 nitrogen and oxygen atoms in total. The first-order chi connectivity index (χ1) is 15.8. The fourth-order valence-corrected chi connectivity index (χ4v) is 4.07. The van der Waals surface area contributed by atoms with Crippen LogP contribution in [-0.4, -0.2) is 24.1 Å². The second kappa shape index (κ2) is 11.4. The van der Waals surface area contributed by atoms with E-state index in [0.717, 1.165) is 35.6 Å². The van der Waals surface area contributed by atoms with Crippen LogP contribution < -0.4 is 15.5 Å². The summed E-state index contributed by atoms with van der Waals surface area (Å²) in [6.45, 7) is 8.13. The molecule has 0 aliphatic carbocycles. The van der Waals surface area contributed by atoms with Crippen molar-refractivity contribution < 1.29 is 9.21 Å². The van der Waals surface area contributed by atoms with Gasteiger partial charge in [0.25, 0.3) is 0 Å². The lowest BCUT2D eigenvalue weighted by Crippen LogP contribution is -2.33. The second-order valence-corrected chi connectivity index (χ2v) is 8.59. The minimum Gasteiger partial charge on any atom is -0.457 e. The highest BCUT2D eigenvalue weighted by molar-refractivity contribution is 7.80. The zero-order valence-electron chi connectivity index (χ0n) is 18.6. The third-order valence-electron chi connectivity index (χ3n) is 5.00. The largest absolute Gasteiger partial charge is 0.457 e. The van der Waals surface area contributed by atoms with Crippen molar-refractivity contribution in [3.63, 3.8) is 0 Å². The highest BCUT2D eigenvalue weighted by atomic mass is 35.5. The van der Waals surface area contributed by atoms with E-state index in [1.807, 2.05) is 19.1 Å². The van der Waals surface area contributed by atoms with Gasteiger partial charge in [-0.25, -0.2) is 0 Å². The van der Waals surface area contributed by atoms with Crippen molar-refractivity contribution in [2.45, 2.75) is 20.8 Å². The molecule has 0 spiro atoms. The van der Waals surface area contributed by atoms with E-state index in [4.69, 9.17) is 39.8 Å². The predicted molar refractivity (Wildman–Crippen MR) is 142 cm³/mol. The molecule has 0 radical (unpaired) electrons. The number of anilines is 2. The van der Waals surface area contributed by atoms with E-state index in [9.17, 15) is 4.79 Å². The van der Waals surface area contributed by atoms with E-state index in [2.05, 4.69) is 35.4 Å².